The first-order valence-electron chi connectivity index (χ1n) is 9.22. The Bertz CT molecular complexity index is 663. The minimum atomic E-state index is 0.161. The molecule has 25 heavy (non-hydrogen) atoms. The first-order valence-corrected chi connectivity index (χ1v) is 9.22. The second-order valence-electron chi connectivity index (χ2n) is 6.75. The highest BCUT2D eigenvalue weighted by molar-refractivity contribution is 5.76. The molecule has 2 aromatic heterocycles. The summed E-state index contributed by atoms with van der Waals surface area (Å²) in [6, 6.07) is 4.05. The van der Waals surface area contributed by atoms with Crippen molar-refractivity contribution in [3.63, 3.8) is 0 Å². The average Bonchev–Trinajstić information content (AvgIpc) is 3.09. The van der Waals surface area contributed by atoms with Gasteiger partial charge in [0, 0.05) is 43.9 Å². The fraction of sp³-hybridized carbons (Fsp3) is 0.579. The number of aromatic nitrogens is 3. The monoisotopic (exact) mass is 342 g/mol. The third-order valence-corrected chi connectivity index (χ3v) is 4.98. The van der Waals surface area contributed by atoms with Crippen molar-refractivity contribution >= 4 is 5.91 Å². The Morgan fingerprint density at radius 1 is 1.16 bits per heavy atom. The van der Waals surface area contributed by atoms with Gasteiger partial charge in [0.2, 0.25) is 17.6 Å². The highest BCUT2D eigenvalue weighted by atomic mass is 16.5. The molecule has 3 rings (SSSR count). The van der Waals surface area contributed by atoms with Gasteiger partial charge in [0.05, 0.1) is 0 Å². The van der Waals surface area contributed by atoms with E-state index in [1.165, 1.54) is 32.1 Å². The Balaban J connectivity index is 1.52. The van der Waals surface area contributed by atoms with Gasteiger partial charge in [-0.2, -0.15) is 4.98 Å². The van der Waals surface area contributed by atoms with Crippen LogP contribution in [-0.2, 0) is 11.2 Å². The van der Waals surface area contributed by atoms with Gasteiger partial charge in [-0.25, -0.2) is 0 Å². The zero-order valence-corrected chi connectivity index (χ0v) is 14.9. The lowest BCUT2D eigenvalue weighted by molar-refractivity contribution is -0.132. The summed E-state index contributed by atoms with van der Waals surface area (Å²) in [5, 5.41) is 3.98. The molecular formula is C19H26N4O2. The van der Waals surface area contributed by atoms with E-state index in [-0.39, 0.29) is 5.91 Å². The van der Waals surface area contributed by atoms with Crippen LogP contribution >= 0.6 is 0 Å². The summed E-state index contributed by atoms with van der Waals surface area (Å²) in [5.41, 5.74) is 0.864. The van der Waals surface area contributed by atoms with E-state index in [0.717, 1.165) is 18.4 Å². The van der Waals surface area contributed by atoms with Crippen LogP contribution in [0.1, 0.15) is 57.3 Å². The van der Waals surface area contributed by atoms with E-state index in [4.69, 9.17) is 4.52 Å². The number of pyridine rings is 1. The molecule has 0 aromatic carbocycles. The Labute approximate surface area is 148 Å². The number of carbonyl (C=O) groups excluding carboxylic acids is 1. The molecule has 1 saturated carbocycles. The molecular weight excluding hydrogens is 316 g/mol. The van der Waals surface area contributed by atoms with Crippen LogP contribution in [0.25, 0.3) is 11.4 Å². The molecule has 0 atom stereocenters. The molecule has 1 fully saturated rings. The van der Waals surface area contributed by atoms with E-state index in [9.17, 15) is 4.79 Å². The summed E-state index contributed by atoms with van der Waals surface area (Å²) >= 11 is 0. The molecule has 0 saturated heterocycles. The van der Waals surface area contributed by atoms with Gasteiger partial charge in [-0.1, -0.05) is 37.3 Å². The summed E-state index contributed by atoms with van der Waals surface area (Å²) < 4.78 is 5.28. The maximum Gasteiger partial charge on any atom is 0.227 e. The lowest BCUT2D eigenvalue weighted by atomic mass is 9.95. The second kappa shape index (κ2) is 8.74. The predicted molar refractivity (Wildman–Crippen MR) is 94.7 cm³/mol. The van der Waals surface area contributed by atoms with Crippen molar-refractivity contribution in [3.8, 4) is 11.4 Å². The smallest absolute Gasteiger partial charge is 0.227 e. The molecule has 0 radical (unpaired) electrons. The first-order chi connectivity index (χ1) is 12.2. The molecule has 0 N–H and O–H groups in total. The van der Waals surface area contributed by atoms with Crippen molar-refractivity contribution in [2.24, 2.45) is 0 Å². The maximum atomic E-state index is 12.5. The lowest BCUT2D eigenvalue weighted by Gasteiger charge is -2.29. The molecule has 0 spiro atoms. The largest absolute Gasteiger partial charge is 0.343 e. The van der Waals surface area contributed by atoms with Gasteiger partial charge < -0.3 is 9.42 Å². The van der Waals surface area contributed by atoms with Gasteiger partial charge in [0.1, 0.15) is 0 Å². The molecule has 134 valence electrons. The van der Waals surface area contributed by atoms with Crippen LogP contribution in [0.4, 0.5) is 0 Å². The molecule has 6 nitrogen and oxygen atoms in total. The SMILES string of the molecule is CN(C(=O)CCc1nc(-c2ccncc2)no1)C1CCCCCCC1. The van der Waals surface area contributed by atoms with Crippen LogP contribution in [0.3, 0.4) is 0 Å². The van der Waals surface area contributed by atoms with Gasteiger partial charge in [-0.05, 0) is 25.0 Å². The first kappa shape index (κ1) is 17.6. The van der Waals surface area contributed by atoms with Crippen molar-refractivity contribution in [2.45, 2.75) is 63.8 Å². The van der Waals surface area contributed by atoms with Crippen molar-refractivity contribution in [3.05, 3.63) is 30.4 Å². The van der Waals surface area contributed by atoms with Crippen LogP contribution in [0.2, 0.25) is 0 Å². The van der Waals surface area contributed by atoms with Gasteiger partial charge in [0.25, 0.3) is 0 Å². The van der Waals surface area contributed by atoms with Crippen LogP contribution in [0.15, 0.2) is 29.0 Å². The number of aryl methyl sites for hydroxylation is 1. The molecule has 0 aliphatic heterocycles. The number of hydrogen-bond acceptors (Lipinski definition) is 5. The molecule has 6 heteroatoms. The minimum Gasteiger partial charge on any atom is -0.343 e. The van der Waals surface area contributed by atoms with E-state index in [0.29, 0.717) is 30.6 Å². The highest BCUT2D eigenvalue weighted by Gasteiger charge is 2.21. The molecule has 2 aromatic rings. The number of rotatable bonds is 5. The van der Waals surface area contributed by atoms with Crippen molar-refractivity contribution in [2.75, 3.05) is 7.05 Å². The van der Waals surface area contributed by atoms with Crippen LogP contribution < -0.4 is 0 Å². The standard InChI is InChI=1S/C19H26N4O2/c1-23(16-7-5-3-2-4-6-8-16)18(24)10-9-17-21-19(22-25-17)15-11-13-20-14-12-15/h11-14,16H,2-10H2,1H3. The summed E-state index contributed by atoms with van der Waals surface area (Å²) in [6.07, 6.45) is 12.9. The van der Waals surface area contributed by atoms with Crippen LogP contribution in [-0.4, -0.2) is 39.0 Å². The molecule has 1 amide bonds. The molecule has 0 bridgehead atoms. The van der Waals surface area contributed by atoms with Crippen LogP contribution in [0, 0.1) is 0 Å². The number of hydrogen-bond donors (Lipinski definition) is 0. The summed E-state index contributed by atoms with van der Waals surface area (Å²) in [5.74, 6) is 1.21. The van der Waals surface area contributed by atoms with Gasteiger partial charge in [-0.15, -0.1) is 0 Å². The Morgan fingerprint density at radius 3 is 2.56 bits per heavy atom. The number of amides is 1. The van der Waals surface area contributed by atoms with E-state index >= 15 is 0 Å². The zero-order valence-electron chi connectivity index (χ0n) is 14.9. The normalized spacial score (nSPS) is 16.2. The molecule has 2 heterocycles. The summed E-state index contributed by atoms with van der Waals surface area (Å²) in [7, 11) is 1.94. The highest BCUT2D eigenvalue weighted by Crippen LogP contribution is 2.21. The van der Waals surface area contributed by atoms with E-state index in [1.54, 1.807) is 12.4 Å². The Kier molecular flexibility index (Phi) is 6.14. The zero-order chi connectivity index (χ0) is 17.5. The van der Waals surface area contributed by atoms with E-state index in [2.05, 4.69) is 15.1 Å². The third kappa shape index (κ3) is 4.87. The molecule has 1 aliphatic carbocycles. The Hall–Kier alpha value is -2.24. The topological polar surface area (TPSA) is 72.1 Å². The third-order valence-electron chi connectivity index (χ3n) is 4.98. The molecule has 0 unspecified atom stereocenters. The second-order valence-corrected chi connectivity index (χ2v) is 6.75. The van der Waals surface area contributed by atoms with Crippen LogP contribution in [0.5, 0.6) is 0 Å². The number of nitrogens with zero attached hydrogens (tertiary/aromatic N) is 4. The van der Waals surface area contributed by atoms with Gasteiger partial charge in [0.15, 0.2) is 0 Å². The van der Waals surface area contributed by atoms with E-state index < -0.39 is 0 Å². The van der Waals surface area contributed by atoms with E-state index in [1.807, 2.05) is 24.1 Å². The lowest BCUT2D eigenvalue weighted by Crippen LogP contribution is -2.37. The van der Waals surface area contributed by atoms with Crippen molar-refractivity contribution < 1.29 is 9.32 Å². The van der Waals surface area contributed by atoms with Gasteiger partial charge >= 0.3 is 0 Å². The molecule has 1 aliphatic rings. The summed E-state index contributed by atoms with van der Waals surface area (Å²) in [4.78, 5) is 22.8. The summed E-state index contributed by atoms with van der Waals surface area (Å²) in [6.45, 7) is 0. The Morgan fingerprint density at radius 2 is 1.84 bits per heavy atom. The van der Waals surface area contributed by atoms with Gasteiger partial charge in [-0.3, -0.25) is 9.78 Å². The quantitative estimate of drug-likeness (QED) is 0.829. The van der Waals surface area contributed by atoms with Crippen molar-refractivity contribution in [1.82, 2.24) is 20.0 Å². The van der Waals surface area contributed by atoms with Crippen molar-refractivity contribution in [1.29, 1.82) is 0 Å². The fourth-order valence-corrected chi connectivity index (χ4v) is 3.39. The maximum absolute atomic E-state index is 12.5. The average molecular weight is 342 g/mol. The fourth-order valence-electron chi connectivity index (χ4n) is 3.39. The predicted octanol–water partition coefficient (Wildman–Crippen LogP) is 3.64. The minimum absolute atomic E-state index is 0.161. The number of carbonyl (C=O) groups is 1.